The van der Waals surface area contributed by atoms with Gasteiger partial charge in [-0.05, 0) is 36.4 Å². The lowest BCUT2D eigenvalue weighted by Gasteiger charge is -2.28. The molecule has 188 valence electrons. The van der Waals surface area contributed by atoms with Crippen LogP contribution in [0.4, 0.5) is 29.0 Å². The van der Waals surface area contributed by atoms with E-state index in [9.17, 15) is 4.79 Å². The lowest BCUT2D eigenvalue weighted by molar-refractivity contribution is -0.113. The average molecular weight is 508 g/mol. The van der Waals surface area contributed by atoms with Gasteiger partial charge in [-0.2, -0.15) is 15.0 Å². The van der Waals surface area contributed by atoms with Gasteiger partial charge < -0.3 is 29.9 Å². The van der Waals surface area contributed by atoms with Crippen LogP contribution in [0.5, 0.6) is 0 Å². The molecule has 0 radical (unpaired) electrons. The molecule has 5 rings (SSSR count). The second-order valence-electron chi connectivity index (χ2n) is 8.32. The number of hydrogen-bond donors (Lipinski definition) is 2. The topological polar surface area (TPSA) is 105 Å². The van der Waals surface area contributed by atoms with E-state index in [1.165, 1.54) is 11.8 Å². The minimum Gasteiger partial charge on any atom is -0.378 e. The van der Waals surface area contributed by atoms with E-state index in [1.54, 1.807) is 0 Å². The Morgan fingerprint density at radius 2 is 1.47 bits per heavy atom. The number of hydrogen-bond acceptors (Lipinski definition) is 10. The van der Waals surface area contributed by atoms with Gasteiger partial charge in [0, 0.05) is 43.2 Å². The molecule has 10 nitrogen and oxygen atoms in total. The molecule has 1 amide bonds. The van der Waals surface area contributed by atoms with Gasteiger partial charge in [-0.25, -0.2) is 0 Å². The van der Waals surface area contributed by atoms with Gasteiger partial charge in [0.15, 0.2) is 5.16 Å². The zero-order valence-corrected chi connectivity index (χ0v) is 20.7. The summed E-state index contributed by atoms with van der Waals surface area (Å²) in [5.41, 5.74) is 2.77. The second kappa shape index (κ2) is 12.0. The first-order valence-corrected chi connectivity index (χ1v) is 13.0. The SMILES string of the molecule is O=C(CSc1nc(Nc2ccccc2)nc(N2CCOCC2)n1)Nc1ccc(N2CCOCC2)cc1. The Morgan fingerprint density at radius 3 is 2.17 bits per heavy atom. The fourth-order valence-corrected chi connectivity index (χ4v) is 4.56. The molecule has 2 aromatic carbocycles. The smallest absolute Gasteiger partial charge is 0.234 e. The number of carbonyl (C=O) groups excluding carboxylic acids is 1. The van der Waals surface area contributed by atoms with Crippen LogP contribution in [0.25, 0.3) is 0 Å². The number of rotatable bonds is 8. The summed E-state index contributed by atoms with van der Waals surface area (Å²) in [6.07, 6.45) is 0. The minimum absolute atomic E-state index is 0.120. The first-order chi connectivity index (χ1) is 17.7. The number of para-hydroxylation sites is 1. The monoisotopic (exact) mass is 507 g/mol. The molecule has 0 spiro atoms. The minimum atomic E-state index is -0.120. The maximum atomic E-state index is 12.7. The van der Waals surface area contributed by atoms with Gasteiger partial charge in [-0.15, -0.1) is 0 Å². The van der Waals surface area contributed by atoms with Crippen molar-refractivity contribution in [1.82, 2.24) is 15.0 Å². The Hall–Kier alpha value is -3.41. The van der Waals surface area contributed by atoms with Crippen molar-refractivity contribution < 1.29 is 14.3 Å². The van der Waals surface area contributed by atoms with Crippen LogP contribution in [0.15, 0.2) is 59.8 Å². The molecule has 0 aliphatic carbocycles. The molecule has 2 fully saturated rings. The number of benzene rings is 2. The number of carbonyl (C=O) groups is 1. The van der Waals surface area contributed by atoms with Crippen molar-refractivity contribution in [2.24, 2.45) is 0 Å². The molecule has 1 aromatic heterocycles. The molecule has 3 aromatic rings. The molecule has 2 aliphatic rings. The highest BCUT2D eigenvalue weighted by Gasteiger charge is 2.18. The number of amides is 1. The number of nitrogens with one attached hydrogen (secondary N) is 2. The first kappa shape index (κ1) is 24.3. The number of morpholine rings is 2. The van der Waals surface area contributed by atoms with E-state index in [2.05, 4.69) is 35.4 Å². The van der Waals surface area contributed by atoms with Crippen LogP contribution in [0.2, 0.25) is 0 Å². The zero-order chi connectivity index (χ0) is 24.6. The van der Waals surface area contributed by atoms with Crippen LogP contribution >= 0.6 is 11.8 Å². The maximum Gasteiger partial charge on any atom is 0.234 e. The molecule has 11 heteroatoms. The third-order valence-electron chi connectivity index (χ3n) is 5.79. The lowest BCUT2D eigenvalue weighted by Crippen LogP contribution is -2.37. The largest absolute Gasteiger partial charge is 0.378 e. The number of ether oxygens (including phenoxy) is 2. The molecule has 3 heterocycles. The molecular weight excluding hydrogens is 478 g/mol. The van der Waals surface area contributed by atoms with Crippen LogP contribution in [0.3, 0.4) is 0 Å². The van der Waals surface area contributed by atoms with E-state index in [0.29, 0.717) is 43.4 Å². The average Bonchev–Trinajstić information content (AvgIpc) is 2.94. The fourth-order valence-electron chi connectivity index (χ4n) is 3.93. The summed E-state index contributed by atoms with van der Waals surface area (Å²) in [7, 11) is 0. The van der Waals surface area contributed by atoms with Crippen molar-refractivity contribution in [3.63, 3.8) is 0 Å². The van der Waals surface area contributed by atoms with Crippen molar-refractivity contribution in [3.05, 3.63) is 54.6 Å². The summed E-state index contributed by atoms with van der Waals surface area (Å²) in [6.45, 7) is 5.90. The van der Waals surface area contributed by atoms with Crippen molar-refractivity contribution in [2.45, 2.75) is 5.16 Å². The van der Waals surface area contributed by atoms with E-state index in [4.69, 9.17) is 9.47 Å². The quantitative estimate of drug-likeness (QED) is 0.442. The van der Waals surface area contributed by atoms with Crippen molar-refractivity contribution in [1.29, 1.82) is 0 Å². The maximum absolute atomic E-state index is 12.7. The summed E-state index contributed by atoms with van der Waals surface area (Å²) in [5.74, 6) is 1.08. The van der Waals surface area contributed by atoms with Gasteiger partial charge in [-0.1, -0.05) is 30.0 Å². The molecule has 2 aliphatic heterocycles. The van der Waals surface area contributed by atoms with Gasteiger partial charge in [0.2, 0.25) is 17.8 Å². The van der Waals surface area contributed by atoms with E-state index in [0.717, 1.165) is 43.4 Å². The van der Waals surface area contributed by atoms with E-state index in [1.807, 2.05) is 54.6 Å². The third-order valence-corrected chi connectivity index (χ3v) is 6.63. The summed E-state index contributed by atoms with van der Waals surface area (Å²) in [5, 5.41) is 6.68. The first-order valence-electron chi connectivity index (χ1n) is 12.0. The number of aromatic nitrogens is 3. The molecule has 2 N–H and O–H groups in total. The Morgan fingerprint density at radius 1 is 0.806 bits per heavy atom. The van der Waals surface area contributed by atoms with E-state index in [-0.39, 0.29) is 11.7 Å². The number of anilines is 5. The molecule has 2 saturated heterocycles. The highest BCUT2D eigenvalue weighted by molar-refractivity contribution is 7.99. The van der Waals surface area contributed by atoms with Gasteiger partial charge in [-0.3, -0.25) is 4.79 Å². The Kier molecular flexibility index (Phi) is 8.11. The van der Waals surface area contributed by atoms with Crippen LogP contribution < -0.4 is 20.4 Å². The van der Waals surface area contributed by atoms with Crippen LogP contribution in [0.1, 0.15) is 0 Å². The molecule has 0 atom stereocenters. The zero-order valence-electron chi connectivity index (χ0n) is 19.9. The predicted octanol–water partition coefficient (Wildman–Crippen LogP) is 3.02. The van der Waals surface area contributed by atoms with Crippen LogP contribution in [-0.4, -0.2) is 79.2 Å². The van der Waals surface area contributed by atoms with Crippen molar-refractivity contribution in [3.8, 4) is 0 Å². The van der Waals surface area contributed by atoms with Gasteiger partial charge in [0.1, 0.15) is 0 Å². The Labute approximate surface area is 214 Å². The summed E-state index contributed by atoms with van der Waals surface area (Å²) in [4.78, 5) is 30.8. The van der Waals surface area contributed by atoms with Gasteiger partial charge in [0.05, 0.1) is 32.2 Å². The summed E-state index contributed by atoms with van der Waals surface area (Å²) >= 11 is 1.28. The van der Waals surface area contributed by atoms with Gasteiger partial charge in [0.25, 0.3) is 0 Å². The van der Waals surface area contributed by atoms with Crippen LogP contribution in [0, 0.1) is 0 Å². The van der Waals surface area contributed by atoms with Crippen molar-refractivity contribution in [2.75, 3.05) is 78.8 Å². The third kappa shape index (κ3) is 6.62. The van der Waals surface area contributed by atoms with Crippen molar-refractivity contribution >= 4 is 46.6 Å². The normalized spacial score (nSPS) is 16.0. The lowest BCUT2D eigenvalue weighted by atomic mass is 10.2. The molecule has 0 unspecified atom stereocenters. The highest BCUT2D eigenvalue weighted by Crippen LogP contribution is 2.23. The van der Waals surface area contributed by atoms with E-state index >= 15 is 0 Å². The summed E-state index contributed by atoms with van der Waals surface area (Å²) in [6, 6.07) is 17.6. The standard InChI is InChI=1S/C25H29N7O3S/c33-22(26-20-6-8-21(9-7-20)31-10-14-34-15-11-31)18-36-25-29-23(27-19-4-2-1-3-5-19)28-24(30-25)32-12-16-35-17-13-32/h1-9H,10-18H2,(H,26,33)(H,27,28,29,30). The molecular formula is C25H29N7O3S. The molecule has 0 saturated carbocycles. The van der Waals surface area contributed by atoms with E-state index < -0.39 is 0 Å². The Balaban J connectivity index is 1.22. The highest BCUT2D eigenvalue weighted by atomic mass is 32.2. The Bertz CT molecular complexity index is 1140. The fraction of sp³-hybridized carbons (Fsp3) is 0.360. The number of thioether (sulfide) groups is 1. The molecule has 0 bridgehead atoms. The summed E-state index contributed by atoms with van der Waals surface area (Å²) < 4.78 is 10.9. The molecule has 36 heavy (non-hydrogen) atoms. The van der Waals surface area contributed by atoms with Crippen LogP contribution in [-0.2, 0) is 14.3 Å². The van der Waals surface area contributed by atoms with Gasteiger partial charge >= 0.3 is 0 Å². The second-order valence-corrected chi connectivity index (χ2v) is 9.26. The number of nitrogens with zero attached hydrogens (tertiary/aromatic N) is 5. The predicted molar refractivity (Wildman–Crippen MR) is 141 cm³/mol.